The van der Waals surface area contributed by atoms with Crippen molar-refractivity contribution in [1.82, 2.24) is 9.55 Å². The van der Waals surface area contributed by atoms with E-state index in [1.807, 2.05) is 30.5 Å². The van der Waals surface area contributed by atoms with Crippen LogP contribution in [0.4, 0.5) is 0 Å². The smallest absolute Gasteiger partial charge is 0.104 e. The van der Waals surface area contributed by atoms with Gasteiger partial charge in [0.05, 0.1) is 6.33 Å². The molecule has 0 saturated carbocycles. The summed E-state index contributed by atoms with van der Waals surface area (Å²) in [6.07, 6.45) is 20.6. The number of ether oxygens (including phenoxy) is 1. The van der Waals surface area contributed by atoms with Gasteiger partial charge in [-0.25, -0.2) is 4.98 Å². The second-order valence-corrected chi connectivity index (χ2v) is 7.96. The zero-order valence-electron chi connectivity index (χ0n) is 15.9. The van der Waals surface area contributed by atoms with Gasteiger partial charge in [0.15, 0.2) is 0 Å². The molecule has 1 unspecified atom stereocenters. The second-order valence-electron chi connectivity index (χ2n) is 6.53. The highest BCUT2D eigenvalue weighted by Gasteiger charge is 2.08. The maximum atomic E-state index is 6.08. The number of hydrogen-bond acceptors (Lipinski definition) is 3. The molecule has 1 aromatic heterocycles. The number of aryl methyl sites for hydroxylation is 1. The highest BCUT2D eigenvalue weighted by molar-refractivity contribution is 7.99. The minimum atomic E-state index is 0.330. The van der Waals surface area contributed by atoms with Crippen LogP contribution in [0.3, 0.4) is 0 Å². The maximum Gasteiger partial charge on any atom is 0.104 e. The van der Waals surface area contributed by atoms with Crippen LogP contribution in [-0.2, 0) is 11.3 Å². The van der Waals surface area contributed by atoms with E-state index in [9.17, 15) is 0 Å². The third kappa shape index (κ3) is 12.0. The van der Waals surface area contributed by atoms with Crippen LogP contribution >= 0.6 is 11.8 Å². The van der Waals surface area contributed by atoms with Gasteiger partial charge in [-0.3, -0.25) is 0 Å². The van der Waals surface area contributed by atoms with E-state index in [1.165, 1.54) is 64.2 Å². The summed E-state index contributed by atoms with van der Waals surface area (Å²) in [6, 6.07) is 0. The zero-order chi connectivity index (χ0) is 17.3. The first kappa shape index (κ1) is 21.6. The maximum absolute atomic E-state index is 6.08. The molecule has 0 aliphatic rings. The van der Waals surface area contributed by atoms with Crippen molar-refractivity contribution in [3.63, 3.8) is 0 Å². The normalized spacial score (nSPS) is 12.6. The average molecular weight is 355 g/mol. The molecule has 0 aliphatic carbocycles. The SMILES string of the molecule is CCCCCCCCCCCCOC(CCn1ccnc1)SCC. The van der Waals surface area contributed by atoms with E-state index in [0.717, 1.165) is 25.3 Å². The third-order valence-electron chi connectivity index (χ3n) is 4.34. The van der Waals surface area contributed by atoms with Crippen molar-refractivity contribution in [2.75, 3.05) is 12.4 Å². The summed E-state index contributed by atoms with van der Waals surface area (Å²) in [5.41, 5.74) is 0.330. The summed E-state index contributed by atoms with van der Waals surface area (Å²) in [5.74, 6) is 1.12. The number of aromatic nitrogens is 2. The van der Waals surface area contributed by atoms with Gasteiger partial charge < -0.3 is 9.30 Å². The van der Waals surface area contributed by atoms with Crippen LogP contribution in [0, 0.1) is 0 Å². The molecule has 0 N–H and O–H groups in total. The van der Waals surface area contributed by atoms with E-state index < -0.39 is 0 Å². The highest BCUT2D eigenvalue weighted by Crippen LogP contribution is 2.18. The van der Waals surface area contributed by atoms with E-state index in [-0.39, 0.29) is 0 Å². The summed E-state index contributed by atoms with van der Waals surface area (Å²) >= 11 is 1.92. The second kappa shape index (κ2) is 16.0. The van der Waals surface area contributed by atoms with Crippen molar-refractivity contribution in [2.45, 2.75) is 96.5 Å². The molecule has 0 amide bonds. The lowest BCUT2D eigenvalue weighted by Gasteiger charge is -2.17. The minimum absolute atomic E-state index is 0.330. The predicted molar refractivity (Wildman–Crippen MR) is 107 cm³/mol. The number of imidazole rings is 1. The molecule has 3 nitrogen and oxygen atoms in total. The molecule has 140 valence electrons. The summed E-state index contributed by atoms with van der Waals surface area (Å²) in [4.78, 5) is 4.09. The van der Waals surface area contributed by atoms with E-state index in [4.69, 9.17) is 4.74 Å². The molecule has 0 radical (unpaired) electrons. The fraction of sp³-hybridized carbons (Fsp3) is 0.850. The number of nitrogens with zero attached hydrogens (tertiary/aromatic N) is 2. The first-order valence-electron chi connectivity index (χ1n) is 10.1. The largest absolute Gasteiger partial charge is 0.368 e. The molecule has 0 bridgehead atoms. The fourth-order valence-electron chi connectivity index (χ4n) is 2.88. The van der Waals surface area contributed by atoms with Gasteiger partial charge in [-0.05, 0) is 12.2 Å². The Morgan fingerprint density at radius 3 is 2.21 bits per heavy atom. The molecule has 1 atom stereocenters. The molecule has 1 aromatic rings. The lowest BCUT2D eigenvalue weighted by Crippen LogP contribution is -2.13. The molecule has 4 heteroatoms. The number of unbranched alkanes of at least 4 members (excludes halogenated alkanes) is 9. The van der Waals surface area contributed by atoms with Crippen molar-refractivity contribution >= 4 is 11.8 Å². The Morgan fingerprint density at radius 2 is 1.62 bits per heavy atom. The first-order chi connectivity index (χ1) is 11.9. The molecule has 0 aromatic carbocycles. The molecule has 0 spiro atoms. The first-order valence-corrected chi connectivity index (χ1v) is 11.1. The van der Waals surface area contributed by atoms with Gasteiger partial charge in [-0.2, -0.15) is 0 Å². The quantitative estimate of drug-likeness (QED) is 0.243. The van der Waals surface area contributed by atoms with Crippen LogP contribution in [0.25, 0.3) is 0 Å². The molecular formula is C20H38N2OS. The van der Waals surface area contributed by atoms with Crippen molar-refractivity contribution in [3.05, 3.63) is 18.7 Å². The number of hydrogen-bond donors (Lipinski definition) is 0. The van der Waals surface area contributed by atoms with Crippen LogP contribution < -0.4 is 0 Å². The molecule has 0 fully saturated rings. The third-order valence-corrected chi connectivity index (χ3v) is 5.41. The van der Waals surface area contributed by atoms with Crippen LogP contribution in [0.5, 0.6) is 0 Å². The van der Waals surface area contributed by atoms with Crippen LogP contribution in [-0.4, -0.2) is 27.3 Å². The monoisotopic (exact) mass is 354 g/mol. The van der Waals surface area contributed by atoms with Gasteiger partial charge in [0, 0.05) is 32.0 Å². The Bertz CT molecular complexity index is 357. The van der Waals surface area contributed by atoms with E-state index >= 15 is 0 Å². The molecule has 0 saturated heterocycles. The van der Waals surface area contributed by atoms with Crippen LogP contribution in [0.1, 0.15) is 84.5 Å². The van der Waals surface area contributed by atoms with Gasteiger partial charge in [-0.15, -0.1) is 11.8 Å². The van der Waals surface area contributed by atoms with Crippen LogP contribution in [0.15, 0.2) is 18.7 Å². The number of rotatable bonds is 17. The molecular weight excluding hydrogens is 316 g/mol. The highest BCUT2D eigenvalue weighted by atomic mass is 32.2. The van der Waals surface area contributed by atoms with Gasteiger partial charge in [0.1, 0.15) is 5.44 Å². The Hall–Kier alpha value is -0.480. The van der Waals surface area contributed by atoms with Crippen molar-refractivity contribution in [2.24, 2.45) is 0 Å². The lowest BCUT2D eigenvalue weighted by atomic mass is 10.1. The predicted octanol–water partition coefficient (Wildman–Crippen LogP) is 6.29. The average Bonchev–Trinajstić information content (AvgIpc) is 3.11. The zero-order valence-corrected chi connectivity index (χ0v) is 16.7. The van der Waals surface area contributed by atoms with E-state index in [0.29, 0.717) is 5.44 Å². The van der Waals surface area contributed by atoms with Crippen molar-refractivity contribution in [3.8, 4) is 0 Å². The van der Waals surface area contributed by atoms with Crippen LogP contribution in [0.2, 0.25) is 0 Å². The van der Waals surface area contributed by atoms with Gasteiger partial charge in [-0.1, -0.05) is 71.6 Å². The Labute approximate surface area is 154 Å². The van der Waals surface area contributed by atoms with Crippen molar-refractivity contribution < 1.29 is 4.74 Å². The Kier molecular flexibility index (Phi) is 14.4. The van der Waals surface area contributed by atoms with Gasteiger partial charge >= 0.3 is 0 Å². The van der Waals surface area contributed by atoms with E-state index in [2.05, 4.69) is 23.4 Å². The Morgan fingerprint density at radius 1 is 0.958 bits per heavy atom. The van der Waals surface area contributed by atoms with Gasteiger partial charge in [0.2, 0.25) is 0 Å². The Balaban J connectivity index is 1.93. The summed E-state index contributed by atoms with van der Waals surface area (Å²) in [6.45, 7) is 6.40. The molecule has 24 heavy (non-hydrogen) atoms. The molecule has 0 aliphatic heterocycles. The minimum Gasteiger partial charge on any atom is -0.368 e. The standard InChI is InChI=1S/C20H38N2OS/c1-3-5-6-7-8-9-10-11-12-13-18-23-20(24-4-2)14-16-22-17-15-21-19-22/h15,17,19-20H,3-14,16,18H2,1-2H3. The van der Waals surface area contributed by atoms with Crippen molar-refractivity contribution in [1.29, 1.82) is 0 Å². The number of thioether (sulfide) groups is 1. The molecule has 1 rings (SSSR count). The summed E-state index contributed by atoms with van der Waals surface area (Å²) in [7, 11) is 0. The lowest BCUT2D eigenvalue weighted by molar-refractivity contribution is 0.100. The van der Waals surface area contributed by atoms with Gasteiger partial charge in [0.25, 0.3) is 0 Å². The molecule has 1 heterocycles. The summed E-state index contributed by atoms with van der Waals surface area (Å²) < 4.78 is 8.21. The fourth-order valence-corrected chi connectivity index (χ4v) is 3.71. The van der Waals surface area contributed by atoms with E-state index in [1.54, 1.807) is 0 Å². The summed E-state index contributed by atoms with van der Waals surface area (Å²) in [5, 5.41) is 0. The topological polar surface area (TPSA) is 27.1 Å².